The van der Waals surface area contributed by atoms with E-state index in [0.717, 1.165) is 101 Å². The van der Waals surface area contributed by atoms with Crippen LogP contribution in [-0.2, 0) is 94.0 Å². The van der Waals surface area contributed by atoms with Crippen LogP contribution < -0.4 is 28.4 Å². The fourth-order valence-corrected chi connectivity index (χ4v) is 14.3. The highest BCUT2D eigenvalue weighted by Gasteiger charge is 2.32. The van der Waals surface area contributed by atoms with Crippen molar-refractivity contribution in [3.05, 3.63) is 173 Å². The second-order valence-corrected chi connectivity index (χ2v) is 34.0. The van der Waals surface area contributed by atoms with Crippen molar-refractivity contribution in [3.63, 3.8) is 0 Å². The summed E-state index contributed by atoms with van der Waals surface area (Å²) in [4.78, 5) is 6.40. The minimum absolute atomic E-state index is 0.0571. The molecule has 18 bridgehead atoms. The molecule has 1 aliphatic carbocycles. The summed E-state index contributed by atoms with van der Waals surface area (Å²) >= 11 is 0. The molecule has 6 aromatic carbocycles. The van der Waals surface area contributed by atoms with E-state index in [4.69, 9.17) is 56.8 Å². The van der Waals surface area contributed by atoms with Crippen LogP contribution in [0.5, 0.6) is 34.5 Å². The Labute approximate surface area is 606 Å². The van der Waals surface area contributed by atoms with Crippen LogP contribution in [0, 0.1) is 0 Å². The number of fused-ring (bicyclic) bond motifs is 21. The Bertz CT molecular complexity index is 3550. The van der Waals surface area contributed by atoms with Crippen LogP contribution in [0.25, 0.3) is 0 Å². The number of hydrogen-bond acceptors (Lipinski definition) is 15. The minimum Gasteiger partial charge on any atom is -0.496 e. The second kappa shape index (κ2) is 33.3. The standard InChI is InChI=1S/C86H121N3O12/c1-57(2)58-30-59-32-65-42-73(84(9,10)11)44-67-34-61-38-71(82(3,4)5)40-63(77(61)91-19)36-69-46-75(86(15,16)17)47-70-37-64-41-72(83(6,7)8)39-62(78(64)92-20)35-68-45-74(85(12,13)14)43-66(33-60(31-58)76(59)90-18)80(68)100-28-22-25-88-49-94-54-93-48-87(24-21-27-99-79(65)67)50-95-55-97-52-89(53-98-56-96-51-88)26-23-29-101-81(69)70/h30-31,38-47,57H,21-29,32-37,48-56H2,1-20H3. The Hall–Kier alpha value is -6.24. The van der Waals surface area contributed by atoms with Crippen LogP contribution in [0.1, 0.15) is 243 Å². The van der Waals surface area contributed by atoms with Gasteiger partial charge < -0.3 is 56.8 Å². The van der Waals surface area contributed by atoms with Gasteiger partial charge in [0.15, 0.2) is 0 Å². The molecule has 15 heteroatoms. The van der Waals surface area contributed by atoms with Crippen LogP contribution in [0.15, 0.2) is 72.8 Å². The molecule has 5 aliphatic rings. The van der Waals surface area contributed by atoms with E-state index >= 15 is 0 Å². The molecule has 0 aromatic heterocycles. The van der Waals surface area contributed by atoms with Gasteiger partial charge in [-0.3, -0.25) is 14.7 Å². The summed E-state index contributed by atoms with van der Waals surface area (Å²) in [7, 11) is 5.51. The first kappa shape index (κ1) is 77.4. The Balaban J connectivity index is 1.35. The van der Waals surface area contributed by atoms with Gasteiger partial charge in [-0.15, -0.1) is 0 Å². The van der Waals surface area contributed by atoms with Crippen LogP contribution >= 0.6 is 0 Å². The number of rotatable bonds is 4. The van der Waals surface area contributed by atoms with Gasteiger partial charge in [0.2, 0.25) is 0 Å². The predicted octanol–water partition coefficient (Wildman–Crippen LogP) is 17.2. The van der Waals surface area contributed by atoms with Crippen molar-refractivity contribution in [1.82, 2.24) is 14.7 Å². The highest BCUT2D eigenvalue weighted by Crippen LogP contribution is 2.46. The van der Waals surface area contributed by atoms with Crippen LogP contribution in [0.4, 0.5) is 0 Å². The Morgan fingerprint density at radius 1 is 0.297 bits per heavy atom. The smallest absolute Gasteiger partial charge is 0.150 e. The summed E-state index contributed by atoms with van der Waals surface area (Å²) in [5, 5.41) is 0. The van der Waals surface area contributed by atoms with Gasteiger partial charge in [0.05, 0.1) is 41.2 Å². The molecule has 2 unspecified atom stereocenters. The van der Waals surface area contributed by atoms with Crippen molar-refractivity contribution in [2.75, 3.05) is 122 Å². The molecule has 0 amide bonds. The van der Waals surface area contributed by atoms with Gasteiger partial charge in [0.1, 0.15) is 95.3 Å². The third-order valence-corrected chi connectivity index (χ3v) is 20.1. The SMILES string of the molecule is COc1c2cc(C(C)C)cc1Cc1cc(C(C)(C)C)cc3c1OCCCN1COCOCN4CCCOc5c(cc(C(C)(C)C)cc5Cc5cc(C(C)(C)C)cc(c5OC)Cc5cc(C(C)(C)C)cc(c5OCCCN(COCOC4)COCOC1)Cc1cc(C(C)(C)C)cc(c1OC)C3)C2. The Morgan fingerprint density at radius 2 is 0.495 bits per heavy atom. The summed E-state index contributed by atoms with van der Waals surface area (Å²) in [6.45, 7) is 44.1. The topological polar surface area (TPSA) is 120 Å². The Morgan fingerprint density at radius 3 is 0.683 bits per heavy atom. The lowest BCUT2D eigenvalue weighted by atomic mass is 9.79. The van der Waals surface area contributed by atoms with E-state index in [9.17, 15) is 0 Å². The third kappa shape index (κ3) is 20.0. The number of ether oxygens (including phenoxy) is 12. The van der Waals surface area contributed by atoms with E-state index < -0.39 is 0 Å². The first-order chi connectivity index (χ1) is 47.9. The normalized spacial score (nSPS) is 19.5. The maximum absolute atomic E-state index is 7.50. The van der Waals surface area contributed by atoms with Crippen molar-refractivity contribution in [2.45, 2.75) is 208 Å². The highest BCUT2D eigenvalue weighted by molar-refractivity contribution is 5.61. The molecule has 4 aliphatic heterocycles. The zero-order valence-electron chi connectivity index (χ0n) is 65.2. The number of hydrogen-bond donors (Lipinski definition) is 0. The zero-order valence-corrected chi connectivity index (χ0v) is 65.2. The van der Waals surface area contributed by atoms with Crippen molar-refractivity contribution in [3.8, 4) is 34.5 Å². The van der Waals surface area contributed by atoms with Gasteiger partial charge in [0, 0.05) is 58.2 Å². The summed E-state index contributed by atoms with van der Waals surface area (Å²) in [5.74, 6) is 5.34. The van der Waals surface area contributed by atoms with Gasteiger partial charge in [-0.2, -0.15) is 0 Å². The zero-order chi connectivity index (χ0) is 72.6. The van der Waals surface area contributed by atoms with Gasteiger partial charge in [-0.25, -0.2) is 0 Å². The maximum Gasteiger partial charge on any atom is 0.150 e. The summed E-state index contributed by atoms with van der Waals surface area (Å²) in [6.07, 6.45) is 5.25. The lowest BCUT2D eigenvalue weighted by molar-refractivity contribution is -0.182. The summed E-state index contributed by atoms with van der Waals surface area (Å²) < 4.78 is 81.1. The molecule has 0 radical (unpaired) electrons. The number of benzene rings is 6. The number of methoxy groups -OCH3 is 3. The molecule has 1 saturated heterocycles. The fourth-order valence-electron chi connectivity index (χ4n) is 14.3. The van der Waals surface area contributed by atoms with E-state index in [-0.39, 0.29) is 93.8 Å². The van der Waals surface area contributed by atoms with E-state index in [1.54, 1.807) is 0 Å². The molecule has 552 valence electrons. The summed E-state index contributed by atoms with van der Waals surface area (Å²) in [5.41, 5.74) is 19.2. The van der Waals surface area contributed by atoms with Crippen molar-refractivity contribution >= 4 is 0 Å². The van der Waals surface area contributed by atoms with Crippen LogP contribution in [0.3, 0.4) is 0 Å². The molecule has 101 heavy (non-hydrogen) atoms. The molecule has 2 atom stereocenters. The van der Waals surface area contributed by atoms with E-state index in [2.05, 4.69) is 205 Å². The van der Waals surface area contributed by atoms with Gasteiger partial charge in [0.25, 0.3) is 0 Å². The van der Waals surface area contributed by atoms with Gasteiger partial charge in [-0.1, -0.05) is 190 Å². The largest absolute Gasteiger partial charge is 0.496 e. The fraction of sp³-hybridized carbons (Fsp3) is 0.581. The molecular formula is C86H121N3O12. The number of nitrogens with zero attached hydrogens (tertiary/aromatic N) is 3. The first-order valence-electron chi connectivity index (χ1n) is 37.0. The molecule has 0 spiro atoms. The maximum atomic E-state index is 7.50. The summed E-state index contributed by atoms with van der Waals surface area (Å²) in [6, 6.07) is 28.7. The van der Waals surface area contributed by atoms with Crippen molar-refractivity contribution in [2.24, 2.45) is 0 Å². The molecule has 4 heterocycles. The highest BCUT2D eigenvalue weighted by atomic mass is 16.7. The second-order valence-electron chi connectivity index (χ2n) is 34.0. The lowest BCUT2D eigenvalue weighted by Crippen LogP contribution is -2.35. The molecule has 6 aromatic rings. The molecule has 15 nitrogen and oxygen atoms in total. The molecule has 1 fully saturated rings. The predicted molar refractivity (Wildman–Crippen MR) is 404 cm³/mol. The van der Waals surface area contributed by atoms with E-state index in [0.29, 0.717) is 97.2 Å². The molecule has 0 saturated carbocycles. The quantitative estimate of drug-likeness (QED) is 0.166. The van der Waals surface area contributed by atoms with E-state index in [1.165, 1.54) is 33.4 Å². The average molecular weight is 1390 g/mol. The molecular weight excluding hydrogens is 1270 g/mol. The molecule has 0 N–H and O–H groups in total. The van der Waals surface area contributed by atoms with Crippen molar-refractivity contribution < 1.29 is 56.8 Å². The van der Waals surface area contributed by atoms with Crippen LogP contribution in [0.2, 0.25) is 0 Å². The van der Waals surface area contributed by atoms with Crippen molar-refractivity contribution in [1.29, 1.82) is 0 Å². The van der Waals surface area contributed by atoms with Gasteiger partial charge in [-0.05, 0) is 152 Å². The average Bonchev–Trinajstić information content (AvgIpc) is 0.773. The van der Waals surface area contributed by atoms with Gasteiger partial charge >= 0.3 is 0 Å². The first-order valence-corrected chi connectivity index (χ1v) is 37.0. The van der Waals surface area contributed by atoms with Crippen LogP contribution in [-0.4, -0.2) is 136 Å². The molecule has 11 rings (SSSR count). The lowest BCUT2D eigenvalue weighted by Gasteiger charge is -2.29. The minimum atomic E-state index is -0.239. The van der Waals surface area contributed by atoms with E-state index in [1.807, 2.05) is 21.3 Å². The third-order valence-electron chi connectivity index (χ3n) is 20.1. The monoisotopic (exact) mass is 1390 g/mol. The Kier molecular flexibility index (Phi) is 25.5.